The van der Waals surface area contributed by atoms with Crippen LogP contribution in [0.2, 0.25) is 0 Å². The predicted molar refractivity (Wildman–Crippen MR) is 120 cm³/mol. The first kappa shape index (κ1) is 25.1. The lowest BCUT2D eigenvalue weighted by molar-refractivity contribution is -0.253. The fourth-order valence-electron chi connectivity index (χ4n) is 3.91. The van der Waals surface area contributed by atoms with Crippen LogP contribution in [0.1, 0.15) is 32.1 Å². The normalized spacial score (nSPS) is 19.6. The van der Waals surface area contributed by atoms with Crippen LogP contribution in [-0.2, 0) is 14.3 Å². The van der Waals surface area contributed by atoms with E-state index in [4.69, 9.17) is 0 Å². The van der Waals surface area contributed by atoms with E-state index in [1.54, 1.807) is 20.0 Å². The number of benzene rings is 1. The Morgan fingerprint density at radius 2 is 1.94 bits per heavy atom. The second-order valence-electron chi connectivity index (χ2n) is 8.25. The maximum absolute atomic E-state index is 14.4. The summed E-state index contributed by atoms with van der Waals surface area (Å²) in [6.07, 6.45) is -2.64. The average Bonchev–Trinajstić information content (AvgIpc) is 3.45. The van der Waals surface area contributed by atoms with Crippen molar-refractivity contribution in [2.24, 2.45) is 11.8 Å². The molecule has 180 valence electrons. The highest BCUT2D eigenvalue weighted by molar-refractivity contribution is 9.10. The van der Waals surface area contributed by atoms with Gasteiger partial charge in [0.05, 0.1) is 31.0 Å². The first-order valence-electron chi connectivity index (χ1n) is 10.5. The van der Waals surface area contributed by atoms with Crippen LogP contribution in [0.5, 0.6) is 0 Å². The van der Waals surface area contributed by atoms with Crippen molar-refractivity contribution in [3.8, 4) is 11.3 Å². The van der Waals surface area contributed by atoms with Crippen LogP contribution < -0.4 is 5.32 Å². The largest absolute Gasteiger partial charge is 0.453 e. The van der Waals surface area contributed by atoms with Gasteiger partial charge in [-0.3, -0.25) is 4.79 Å². The van der Waals surface area contributed by atoms with Gasteiger partial charge in [0.1, 0.15) is 11.9 Å². The number of carbonyl (C=O) groups excluding carboxylic acids is 2. The average molecular weight is 529 g/mol. The Balaban J connectivity index is 1.93. The molecule has 2 amide bonds. The predicted octanol–water partition coefficient (Wildman–Crippen LogP) is 4.35. The van der Waals surface area contributed by atoms with E-state index in [2.05, 4.69) is 40.7 Å². The number of imidazole rings is 1. The molecule has 3 rings (SSSR count). The summed E-state index contributed by atoms with van der Waals surface area (Å²) in [4.78, 5) is 34.1. The number of H-pyrrole nitrogens is 1. The van der Waals surface area contributed by atoms with Gasteiger partial charge in [-0.15, -0.1) is 0 Å². The molecule has 0 aliphatic carbocycles. The van der Waals surface area contributed by atoms with Gasteiger partial charge in [0.25, 0.3) is 0 Å². The molecule has 2 heterocycles. The number of nitrogens with zero attached hydrogens (tertiary/aromatic N) is 2. The van der Waals surface area contributed by atoms with Gasteiger partial charge in [-0.1, -0.05) is 41.9 Å². The fraction of sp³-hybridized carbons (Fsp3) is 0.500. The summed E-state index contributed by atoms with van der Waals surface area (Å²) in [6.45, 7) is 3.26. The number of hydrogen-bond donors (Lipinski definition) is 2. The molecule has 0 bridgehead atoms. The molecule has 0 spiro atoms. The van der Waals surface area contributed by atoms with E-state index < -0.39 is 36.1 Å². The van der Waals surface area contributed by atoms with Crippen molar-refractivity contribution in [2.45, 2.75) is 38.5 Å². The Morgan fingerprint density at radius 3 is 2.52 bits per heavy atom. The zero-order valence-electron chi connectivity index (χ0n) is 18.8. The minimum atomic E-state index is -3.42. The van der Waals surface area contributed by atoms with E-state index in [9.17, 15) is 18.4 Å². The summed E-state index contributed by atoms with van der Waals surface area (Å²) in [6, 6.07) is 5.83. The molecule has 1 fully saturated rings. The maximum Gasteiger partial charge on any atom is 0.407 e. The Morgan fingerprint density at radius 1 is 1.27 bits per heavy atom. The number of halogens is 3. The quantitative estimate of drug-likeness (QED) is 0.556. The third kappa shape index (κ3) is 5.52. The van der Waals surface area contributed by atoms with Crippen LogP contribution in [0, 0.1) is 11.8 Å². The van der Waals surface area contributed by atoms with E-state index in [0.717, 1.165) is 17.1 Å². The molecule has 1 aromatic heterocycles. The molecule has 33 heavy (non-hydrogen) atoms. The number of carbonyl (C=O) groups is 2. The summed E-state index contributed by atoms with van der Waals surface area (Å²) >= 11 is 3.39. The molecule has 1 aromatic carbocycles. The molecule has 2 aromatic rings. The minimum Gasteiger partial charge on any atom is -0.453 e. The first-order valence-corrected chi connectivity index (χ1v) is 11.3. The third-order valence-corrected chi connectivity index (χ3v) is 6.32. The van der Waals surface area contributed by atoms with E-state index in [0.29, 0.717) is 11.5 Å². The number of aromatic amines is 1. The van der Waals surface area contributed by atoms with Crippen molar-refractivity contribution < 1.29 is 27.8 Å². The molecule has 0 saturated carbocycles. The number of hydrogen-bond acceptors (Lipinski definition) is 5. The number of nitrogens with one attached hydrogen (secondary N) is 2. The molecule has 3 atom stereocenters. The molecule has 8 nitrogen and oxygen atoms in total. The zero-order chi connectivity index (χ0) is 24.3. The zero-order valence-corrected chi connectivity index (χ0v) is 20.4. The van der Waals surface area contributed by atoms with Gasteiger partial charge in [-0.25, -0.2) is 9.78 Å². The van der Waals surface area contributed by atoms with Crippen LogP contribution in [0.4, 0.5) is 13.6 Å². The molecule has 0 radical (unpaired) electrons. The molecular weight excluding hydrogens is 502 g/mol. The number of alkyl carbamates (subject to hydrolysis) is 1. The number of likely N-dealkylation sites (tertiary alicyclic amines) is 1. The molecule has 2 N–H and O–H groups in total. The number of methoxy groups -OCH3 is 2. The van der Waals surface area contributed by atoms with Gasteiger partial charge >= 0.3 is 12.2 Å². The number of ether oxygens (including phenoxy) is 2. The number of amides is 2. The van der Waals surface area contributed by atoms with E-state index in [1.165, 1.54) is 12.0 Å². The lowest BCUT2D eigenvalue weighted by Gasteiger charge is -2.30. The summed E-state index contributed by atoms with van der Waals surface area (Å²) < 4.78 is 38.8. The molecule has 1 aliphatic heterocycles. The van der Waals surface area contributed by atoms with Gasteiger partial charge in [-0.2, -0.15) is 8.78 Å². The molecule has 1 aliphatic rings. The Hall–Kier alpha value is -2.53. The summed E-state index contributed by atoms with van der Waals surface area (Å²) in [5, 5.41) is 2.51. The molecule has 3 unspecified atom stereocenters. The van der Waals surface area contributed by atoms with Crippen molar-refractivity contribution in [1.29, 1.82) is 0 Å². The maximum atomic E-state index is 14.4. The van der Waals surface area contributed by atoms with E-state index in [-0.39, 0.29) is 18.9 Å². The second kappa shape index (κ2) is 10.2. The number of alkyl halides is 2. The summed E-state index contributed by atoms with van der Waals surface area (Å²) in [7, 11) is 2.13. The topological polar surface area (TPSA) is 96.6 Å². The van der Waals surface area contributed by atoms with Crippen molar-refractivity contribution in [2.75, 3.05) is 20.8 Å². The molecular formula is C22H27BrF2N4O4. The van der Waals surface area contributed by atoms with Gasteiger partial charge in [-0.05, 0) is 30.0 Å². The van der Waals surface area contributed by atoms with Crippen LogP contribution in [0.25, 0.3) is 11.3 Å². The Bertz CT molecular complexity index is 983. The van der Waals surface area contributed by atoms with Crippen molar-refractivity contribution in [3.05, 3.63) is 40.8 Å². The van der Waals surface area contributed by atoms with Crippen molar-refractivity contribution in [1.82, 2.24) is 20.2 Å². The highest BCUT2D eigenvalue weighted by Gasteiger charge is 2.51. The lowest BCUT2D eigenvalue weighted by atomic mass is 10.0. The fourth-order valence-corrected chi connectivity index (χ4v) is 4.17. The Kier molecular flexibility index (Phi) is 7.73. The van der Waals surface area contributed by atoms with Crippen molar-refractivity contribution in [3.63, 3.8) is 0 Å². The smallest absolute Gasteiger partial charge is 0.407 e. The standard InChI is InChI=1S/C22H27BrF2N4O4/c1-12(2)18(28-21(31)32-3)20(30)29-11-14(22(24,25)33-4)9-17(29)19-26-10-16(27-19)13-5-7-15(23)8-6-13/h5-8,10,12,14,17-18H,9,11H2,1-4H3,(H,26,27)(H,28,31). The monoisotopic (exact) mass is 528 g/mol. The summed E-state index contributed by atoms with van der Waals surface area (Å²) in [5.74, 6) is -1.63. The molecule has 11 heteroatoms. The van der Waals surface area contributed by atoms with Crippen molar-refractivity contribution >= 4 is 27.9 Å². The number of aromatic nitrogens is 2. The highest BCUT2D eigenvalue weighted by Crippen LogP contribution is 2.42. The Labute approximate surface area is 199 Å². The van der Waals surface area contributed by atoms with Gasteiger partial charge in [0, 0.05) is 18.1 Å². The third-order valence-electron chi connectivity index (χ3n) is 5.79. The van der Waals surface area contributed by atoms with Crippen LogP contribution in [0.15, 0.2) is 34.9 Å². The van der Waals surface area contributed by atoms with Gasteiger partial charge in [0.2, 0.25) is 5.91 Å². The van der Waals surface area contributed by atoms with Gasteiger partial charge in [0.15, 0.2) is 0 Å². The van der Waals surface area contributed by atoms with Crippen LogP contribution >= 0.6 is 15.9 Å². The summed E-state index contributed by atoms with van der Waals surface area (Å²) in [5.41, 5.74) is 1.55. The van der Waals surface area contributed by atoms with Gasteiger partial charge < -0.3 is 24.7 Å². The highest BCUT2D eigenvalue weighted by atomic mass is 79.9. The van der Waals surface area contributed by atoms with E-state index in [1.807, 2.05) is 24.3 Å². The second-order valence-corrected chi connectivity index (χ2v) is 9.17. The minimum absolute atomic E-state index is 0.0527. The molecule has 1 saturated heterocycles. The SMILES string of the molecule is COC(=O)NC(C(=O)N1CC(C(F)(F)OC)CC1c1ncc(-c2ccc(Br)cc2)[nH]1)C(C)C. The van der Waals surface area contributed by atoms with Crippen LogP contribution in [-0.4, -0.2) is 59.8 Å². The van der Waals surface area contributed by atoms with Crippen LogP contribution in [0.3, 0.4) is 0 Å². The first-order chi connectivity index (χ1) is 15.6. The van der Waals surface area contributed by atoms with E-state index >= 15 is 0 Å². The number of rotatable bonds is 7. The lowest BCUT2D eigenvalue weighted by Crippen LogP contribution is -2.51.